The fourth-order valence-electron chi connectivity index (χ4n) is 1.04. The van der Waals surface area contributed by atoms with Crippen LogP contribution in [0.1, 0.15) is 19.4 Å². The number of hydrogen-bond donors (Lipinski definition) is 2. The first-order valence-corrected chi connectivity index (χ1v) is 4.65. The van der Waals surface area contributed by atoms with Gasteiger partial charge in [0.1, 0.15) is 6.07 Å². The Morgan fingerprint density at radius 1 is 1.53 bits per heavy atom. The number of benzene rings is 1. The molecule has 0 fully saturated rings. The maximum absolute atomic E-state index is 11.4. The zero-order valence-corrected chi connectivity index (χ0v) is 8.74. The highest BCUT2D eigenvalue weighted by atomic mass is 16.1. The van der Waals surface area contributed by atoms with Crippen LogP contribution in [-0.4, -0.2) is 5.91 Å². The second kappa shape index (κ2) is 4.47. The van der Waals surface area contributed by atoms with Crippen molar-refractivity contribution in [2.45, 2.75) is 13.8 Å². The molecule has 0 aliphatic rings. The Kier molecular flexibility index (Phi) is 3.29. The third kappa shape index (κ3) is 2.71. The van der Waals surface area contributed by atoms with Crippen LogP contribution < -0.4 is 11.1 Å². The lowest BCUT2D eigenvalue weighted by Crippen LogP contribution is -2.18. The van der Waals surface area contributed by atoms with Gasteiger partial charge < -0.3 is 11.1 Å². The minimum Gasteiger partial charge on any atom is -0.399 e. The third-order valence-corrected chi connectivity index (χ3v) is 1.95. The number of nitrogens with zero attached hydrogens (tertiary/aromatic N) is 1. The van der Waals surface area contributed by atoms with Crippen molar-refractivity contribution < 1.29 is 4.79 Å². The van der Waals surface area contributed by atoms with Crippen molar-refractivity contribution in [3.63, 3.8) is 0 Å². The molecule has 0 aromatic heterocycles. The van der Waals surface area contributed by atoms with Gasteiger partial charge in [-0.3, -0.25) is 4.79 Å². The number of nitriles is 1. The van der Waals surface area contributed by atoms with Gasteiger partial charge in [-0.05, 0) is 18.2 Å². The second-order valence-electron chi connectivity index (χ2n) is 3.56. The summed E-state index contributed by atoms with van der Waals surface area (Å²) in [5, 5.41) is 11.5. The highest BCUT2D eigenvalue weighted by molar-refractivity contribution is 5.93. The summed E-state index contributed by atoms with van der Waals surface area (Å²) in [7, 11) is 0. The Labute approximate surface area is 88.7 Å². The van der Waals surface area contributed by atoms with Gasteiger partial charge in [-0.1, -0.05) is 13.8 Å². The molecule has 4 nitrogen and oxygen atoms in total. The number of nitrogens with two attached hydrogens (primary N) is 1. The van der Waals surface area contributed by atoms with E-state index in [0.717, 1.165) is 0 Å². The zero-order chi connectivity index (χ0) is 11.4. The predicted octanol–water partition coefficient (Wildman–Crippen LogP) is 1.73. The fourth-order valence-corrected chi connectivity index (χ4v) is 1.04. The largest absolute Gasteiger partial charge is 0.399 e. The summed E-state index contributed by atoms with van der Waals surface area (Å²) in [4.78, 5) is 11.4. The lowest BCUT2D eigenvalue weighted by molar-refractivity contribution is -0.118. The Morgan fingerprint density at radius 3 is 2.73 bits per heavy atom. The number of hydrogen-bond acceptors (Lipinski definition) is 3. The first-order valence-electron chi connectivity index (χ1n) is 4.65. The van der Waals surface area contributed by atoms with Gasteiger partial charge in [0.2, 0.25) is 5.91 Å². The van der Waals surface area contributed by atoms with E-state index < -0.39 is 0 Å². The summed E-state index contributed by atoms with van der Waals surface area (Å²) < 4.78 is 0. The summed E-state index contributed by atoms with van der Waals surface area (Å²) >= 11 is 0. The van der Waals surface area contributed by atoms with Gasteiger partial charge in [0.25, 0.3) is 0 Å². The van der Waals surface area contributed by atoms with E-state index in [9.17, 15) is 4.79 Å². The molecule has 3 N–H and O–H groups in total. The summed E-state index contributed by atoms with van der Waals surface area (Å²) in [5.74, 6) is -0.231. The average molecular weight is 203 g/mol. The summed E-state index contributed by atoms with van der Waals surface area (Å²) in [6.07, 6.45) is 0. The Bertz CT molecular complexity index is 418. The third-order valence-electron chi connectivity index (χ3n) is 1.95. The molecular weight excluding hydrogens is 190 g/mol. The summed E-state index contributed by atoms with van der Waals surface area (Å²) in [5.41, 5.74) is 6.92. The predicted molar refractivity (Wildman–Crippen MR) is 59.0 cm³/mol. The number of nitrogens with one attached hydrogen (secondary N) is 1. The lowest BCUT2D eigenvalue weighted by Gasteiger charge is -2.09. The van der Waals surface area contributed by atoms with E-state index in [1.165, 1.54) is 6.07 Å². The number of amides is 1. The van der Waals surface area contributed by atoms with Crippen LogP contribution in [0, 0.1) is 17.2 Å². The van der Waals surface area contributed by atoms with Crippen LogP contribution in [0.5, 0.6) is 0 Å². The molecule has 0 unspecified atom stereocenters. The Hall–Kier alpha value is -2.02. The highest BCUT2D eigenvalue weighted by Gasteiger charge is 2.09. The monoisotopic (exact) mass is 203 g/mol. The van der Waals surface area contributed by atoms with E-state index in [2.05, 4.69) is 5.32 Å². The van der Waals surface area contributed by atoms with Gasteiger partial charge in [0.05, 0.1) is 11.3 Å². The SMILES string of the molecule is CC(C)C(=O)Nc1ccc(N)cc1C#N. The molecule has 0 saturated carbocycles. The molecule has 0 spiro atoms. The normalized spacial score (nSPS) is 9.73. The molecule has 4 heteroatoms. The van der Waals surface area contributed by atoms with Crippen LogP contribution in [0.15, 0.2) is 18.2 Å². The summed E-state index contributed by atoms with van der Waals surface area (Å²) in [6, 6.07) is 6.81. The molecule has 0 bridgehead atoms. The van der Waals surface area contributed by atoms with Crippen molar-refractivity contribution in [3.8, 4) is 6.07 Å². The molecule has 15 heavy (non-hydrogen) atoms. The molecule has 0 aliphatic carbocycles. The van der Waals surface area contributed by atoms with Crippen LogP contribution in [0.2, 0.25) is 0 Å². The van der Waals surface area contributed by atoms with Crippen LogP contribution in [0.4, 0.5) is 11.4 Å². The topological polar surface area (TPSA) is 78.9 Å². The molecule has 0 heterocycles. The average Bonchev–Trinajstić information content (AvgIpc) is 2.20. The first kappa shape index (κ1) is 11.1. The van der Waals surface area contributed by atoms with Crippen molar-refractivity contribution in [2.24, 2.45) is 5.92 Å². The number of carbonyl (C=O) groups excluding carboxylic acids is 1. The number of carbonyl (C=O) groups is 1. The van der Waals surface area contributed by atoms with Gasteiger partial charge in [-0.2, -0.15) is 5.26 Å². The summed E-state index contributed by atoms with van der Waals surface area (Å²) in [6.45, 7) is 3.58. The standard InChI is InChI=1S/C11H13N3O/c1-7(2)11(15)14-10-4-3-9(13)5-8(10)6-12/h3-5,7H,13H2,1-2H3,(H,14,15). The molecule has 0 saturated heterocycles. The lowest BCUT2D eigenvalue weighted by atomic mass is 10.1. The van der Waals surface area contributed by atoms with Crippen LogP contribution >= 0.6 is 0 Å². The van der Waals surface area contributed by atoms with Gasteiger partial charge in [0, 0.05) is 11.6 Å². The van der Waals surface area contributed by atoms with Gasteiger partial charge in [0.15, 0.2) is 0 Å². The van der Waals surface area contributed by atoms with E-state index in [0.29, 0.717) is 16.9 Å². The molecule has 1 rings (SSSR count). The van der Waals surface area contributed by atoms with Crippen molar-refractivity contribution in [1.82, 2.24) is 0 Å². The van der Waals surface area contributed by atoms with E-state index in [4.69, 9.17) is 11.0 Å². The van der Waals surface area contributed by atoms with Crippen molar-refractivity contribution in [1.29, 1.82) is 5.26 Å². The van der Waals surface area contributed by atoms with Crippen molar-refractivity contribution >= 4 is 17.3 Å². The first-order chi connectivity index (χ1) is 7.04. The molecule has 1 amide bonds. The van der Waals surface area contributed by atoms with E-state index in [1.54, 1.807) is 26.0 Å². The van der Waals surface area contributed by atoms with Crippen LogP contribution in [0.25, 0.3) is 0 Å². The van der Waals surface area contributed by atoms with Crippen LogP contribution in [-0.2, 0) is 4.79 Å². The van der Waals surface area contributed by atoms with Gasteiger partial charge in [-0.15, -0.1) is 0 Å². The zero-order valence-electron chi connectivity index (χ0n) is 8.74. The van der Waals surface area contributed by atoms with E-state index in [1.807, 2.05) is 6.07 Å². The minimum absolute atomic E-state index is 0.115. The van der Waals surface area contributed by atoms with E-state index in [-0.39, 0.29) is 11.8 Å². The molecule has 1 aromatic carbocycles. The Morgan fingerprint density at radius 2 is 2.20 bits per heavy atom. The fraction of sp³-hybridized carbons (Fsp3) is 0.273. The second-order valence-corrected chi connectivity index (χ2v) is 3.56. The maximum Gasteiger partial charge on any atom is 0.226 e. The highest BCUT2D eigenvalue weighted by Crippen LogP contribution is 2.18. The Balaban J connectivity index is 2.96. The molecule has 1 aromatic rings. The molecule has 0 atom stereocenters. The smallest absolute Gasteiger partial charge is 0.226 e. The van der Waals surface area contributed by atoms with Gasteiger partial charge in [-0.25, -0.2) is 0 Å². The quantitative estimate of drug-likeness (QED) is 0.718. The van der Waals surface area contributed by atoms with Crippen molar-refractivity contribution in [3.05, 3.63) is 23.8 Å². The number of rotatable bonds is 2. The maximum atomic E-state index is 11.4. The molecule has 0 aliphatic heterocycles. The molecular formula is C11H13N3O. The number of nitrogen functional groups attached to an aromatic ring is 1. The van der Waals surface area contributed by atoms with Gasteiger partial charge >= 0.3 is 0 Å². The molecule has 0 radical (unpaired) electrons. The van der Waals surface area contributed by atoms with Crippen molar-refractivity contribution in [2.75, 3.05) is 11.1 Å². The number of anilines is 2. The molecule has 78 valence electrons. The van der Waals surface area contributed by atoms with E-state index >= 15 is 0 Å². The van der Waals surface area contributed by atoms with Crippen LogP contribution in [0.3, 0.4) is 0 Å². The minimum atomic E-state index is -0.117.